The maximum Gasteiger partial charge on any atom is 0.330 e. The van der Waals surface area contributed by atoms with Crippen molar-refractivity contribution in [2.24, 2.45) is 0 Å². The van der Waals surface area contributed by atoms with E-state index in [2.05, 4.69) is 14.9 Å². The summed E-state index contributed by atoms with van der Waals surface area (Å²) in [4.78, 5) is 30.6. The van der Waals surface area contributed by atoms with Crippen molar-refractivity contribution in [3.63, 3.8) is 0 Å². The van der Waals surface area contributed by atoms with Crippen LogP contribution in [0.3, 0.4) is 0 Å². The maximum atomic E-state index is 13.3. The largest absolute Gasteiger partial charge is 0.497 e. The number of nitrogens with one attached hydrogen (secondary N) is 3. The lowest BCUT2D eigenvalue weighted by Crippen LogP contribution is -2.53. The zero-order valence-electron chi connectivity index (χ0n) is 19.6. The molecule has 0 aliphatic carbocycles. The van der Waals surface area contributed by atoms with Crippen molar-refractivity contribution in [3.8, 4) is 5.75 Å². The van der Waals surface area contributed by atoms with Crippen LogP contribution in [0.4, 0.5) is 21.9 Å². The topological polar surface area (TPSA) is 121 Å². The molecule has 0 aromatic heterocycles. The highest BCUT2D eigenvalue weighted by molar-refractivity contribution is 7.91. The first-order valence-electron chi connectivity index (χ1n) is 10.7. The number of urea groups is 1. The number of likely N-dealkylation sites (N-methyl/N-ethyl adjacent to an activating group) is 1. The molecule has 0 bridgehead atoms. The average molecular weight is 508 g/mol. The lowest BCUT2D eigenvalue weighted by molar-refractivity contribution is -0.120. The summed E-state index contributed by atoms with van der Waals surface area (Å²) in [6.07, 6.45) is 0.133. The molecule has 0 radical (unpaired) electrons. The quantitative estimate of drug-likeness (QED) is 0.383. The molecule has 0 heterocycles. The van der Waals surface area contributed by atoms with Gasteiger partial charge in [-0.2, -0.15) is 8.42 Å². The van der Waals surface area contributed by atoms with Gasteiger partial charge in [-0.1, -0.05) is 42.5 Å². The Balaban J connectivity index is 1.75. The molecule has 10 nitrogen and oxygen atoms in total. The molecule has 0 aliphatic rings. The summed E-state index contributed by atoms with van der Waals surface area (Å²) in [7, 11) is -1.24. The number of methoxy groups -OCH3 is 1. The minimum atomic E-state index is -4.34. The van der Waals surface area contributed by atoms with Gasteiger partial charge in [-0.25, -0.2) is 14.4 Å². The van der Waals surface area contributed by atoms with Crippen LogP contribution < -0.4 is 24.4 Å². The Labute approximate surface area is 209 Å². The van der Waals surface area contributed by atoms with Gasteiger partial charge in [0.1, 0.15) is 11.8 Å². The van der Waals surface area contributed by atoms with Gasteiger partial charge in [0, 0.05) is 24.8 Å². The molecule has 0 saturated heterocycles. The van der Waals surface area contributed by atoms with E-state index in [4.69, 9.17) is 11.3 Å². The molecule has 3 rings (SSSR count). The van der Waals surface area contributed by atoms with E-state index in [0.717, 1.165) is 5.56 Å². The Kier molecular flexibility index (Phi) is 8.48. The van der Waals surface area contributed by atoms with Crippen LogP contribution >= 0.6 is 0 Å². The van der Waals surface area contributed by atoms with Crippen molar-refractivity contribution in [3.05, 3.63) is 95.8 Å². The van der Waals surface area contributed by atoms with Crippen molar-refractivity contribution < 1.29 is 22.7 Å². The van der Waals surface area contributed by atoms with Crippen LogP contribution in [0.2, 0.25) is 0 Å². The molecule has 1 atom stereocenters. The van der Waals surface area contributed by atoms with Gasteiger partial charge >= 0.3 is 16.2 Å². The Hall–Kier alpha value is -4.56. The molecular formula is C25H25N5O5S. The van der Waals surface area contributed by atoms with Gasteiger partial charge in [-0.3, -0.25) is 9.52 Å². The van der Waals surface area contributed by atoms with Gasteiger partial charge in [0.05, 0.1) is 13.7 Å². The predicted molar refractivity (Wildman–Crippen MR) is 137 cm³/mol. The summed E-state index contributed by atoms with van der Waals surface area (Å²) in [5.74, 6) is 0.173. The molecule has 3 amide bonds. The zero-order chi connectivity index (χ0) is 26.1. The first-order chi connectivity index (χ1) is 17.2. The van der Waals surface area contributed by atoms with Gasteiger partial charge in [0.25, 0.3) is 0 Å². The fraction of sp³-hybridized carbons (Fsp3) is 0.160. The van der Waals surface area contributed by atoms with Crippen molar-refractivity contribution in [2.75, 3.05) is 23.8 Å². The zero-order valence-corrected chi connectivity index (χ0v) is 20.5. The molecule has 0 spiro atoms. The minimum Gasteiger partial charge on any atom is -0.497 e. The number of anilines is 2. The van der Waals surface area contributed by atoms with E-state index in [9.17, 15) is 18.0 Å². The molecule has 186 valence electrons. The molecule has 0 aliphatic heterocycles. The number of nitrogens with zero attached hydrogens (tertiary/aromatic N) is 2. The highest BCUT2D eigenvalue weighted by Crippen LogP contribution is 2.20. The minimum absolute atomic E-state index is 0.111. The molecule has 0 unspecified atom stereocenters. The number of rotatable bonds is 9. The highest BCUT2D eigenvalue weighted by atomic mass is 32.2. The molecule has 36 heavy (non-hydrogen) atoms. The fourth-order valence-corrected chi connectivity index (χ4v) is 4.14. The second-order valence-electron chi connectivity index (χ2n) is 7.68. The van der Waals surface area contributed by atoms with Gasteiger partial charge in [-0.15, -0.1) is 0 Å². The predicted octanol–water partition coefficient (Wildman–Crippen LogP) is 3.48. The molecule has 0 fully saturated rings. The van der Waals surface area contributed by atoms with Crippen LogP contribution in [0.5, 0.6) is 5.75 Å². The number of ether oxygens (including phenoxy) is 1. The second kappa shape index (κ2) is 11.7. The first-order valence-corrected chi connectivity index (χ1v) is 12.2. The molecule has 11 heteroatoms. The van der Waals surface area contributed by atoms with Crippen LogP contribution in [-0.4, -0.2) is 40.6 Å². The van der Waals surface area contributed by atoms with E-state index in [1.807, 2.05) is 10.8 Å². The highest BCUT2D eigenvalue weighted by Gasteiger charge is 2.27. The Morgan fingerprint density at radius 2 is 1.72 bits per heavy atom. The number of carbonyl (C=O) groups is 2. The smallest absolute Gasteiger partial charge is 0.330 e. The number of benzene rings is 3. The summed E-state index contributed by atoms with van der Waals surface area (Å²) in [6, 6.07) is 19.5. The van der Waals surface area contributed by atoms with E-state index in [-0.39, 0.29) is 17.8 Å². The Bertz CT molecular complexity index is 1360. The number of hydrogen-bond acceptors (Lipinski definition) is 5. The van der Waals surface area contributed by atoms with Crippen molar-refractivity contribution in [1.82, 2.24) is 10.0 Å². The third-order valence-corrected chi connectivity index (χ3v) is 6.09. The van der Waals surface area contributed by atoms with Crippen molar-refractivity contribution in [1.29, 1.82) is 0 Å². The number of carbonyl (C=O) groups excluding carboxylic acids is 2. The van der Waals surface area contributed by atoms with Crippen molar-refractivity contribution in [2.45, 2.75) is 12.5 Å². The van der Waals surface area contributed by atoms with Crippen LogP contribution in [0.15, 0.2) is 78.9 Å². The summed E-state index contributed by atoms with van der Waals surface area (Å²) in [5, 5.41) is 2.47. The van der Waals surface area contributed by atoms with Crippen LogP contribution in [0, 0.1) is 6.57 Å². The number of hydrogen-bond donors (Lipinski definition) is 3. The lowest BCUT2D eigenvalue weighted by Gasteiger charge is -2.25. The molecule has 3 aromatic rings. The Morgan fingerprint density at radius 3 is 2.36 bits per heavy atom. The average Bonchev–Trinajstić information content (AvgIpc) is 2.87. The van der Waals surface area contributed by atoms with Crippen LogP contribution in [0.1, 0.15) is 5.56 Å². The summed E-state index contributed by atoms with van der Waals surface area (Å²) >= 11 is 0. The van der Waals surface area contributed by atoms with Crippen LogP contribution in [-0.2, 0) is 21.4 Å². The number of amides is 3. The first kappa shape index (κ1) is 26.1. The SMILES string of the molecule is [C-]#[N+]c1cccc(NS(=O)(=O)NC(=O)N[C@@H](Cc2ccccc2)C(=O)N(C)c2ccc(OC)cc2)c1. The van der Waals surface area contributed by atoms with E-state index in [1.165, 1.54) is 36.3 Å². The van der Waals surface area contributed by atoms with Crippen LogP contribution in [0.25, 0.3) is 4.85 Å². The van der Waals surface area contributed by atoms with Gasteiger partial charge < -0.3 is 15.0 Å². The van der Waals surface area contributed by atoms with Crippen molar-refractivity contribution >= 4 is 39.2 Å². The van der Waals surface area contributed by atoms with E-state index in [1.54, 1.807) is 55.6 Å². The molecule has 3 N–H and O–H groups in total. The molecular weight excluding hydrogens is 482 g/mol. The van der Waals surface area contributed by atoms with E-state index < -0.39 is 28.2 Å². The van der Waals surface area contributed by atoms with Gasteiger partial charge in [0.15, 0.2) is 5.69 Å². The van der Waals surface area contributed by atoms with E-state index >= 15 is 0 Å². The molecule has 3 aromatic carbocycles. The Morgan fingerprint density at radius 1 is 1.03 bits per heavy atom. The fourth-order valence-electron chi connectivity index (χ4n) is 3.35. The monoisotopic (exact) mass is 507 g/mol. The maximum absolute atomic E-state index is 13.3. The van der Waals surface area contributed by atoms with Gasteiger partial charge in [-0.05, 0) is 42.0 Å². The summed E-state index contributed by atoms with van der Waals surface area (Å²) < 4.78 is 34.1. The summed E-state index contributed by atoms with van der Waals surface area (Å²) in [6.45, 7) is 7.04. The third kappa shape index (κ3) is 7.22. The lowest BCUT2D eigenvalue weighted by atomic mass is 10.0. The normalized spacial score (nSPS) is 11.5. The standard InChI is InChI=1S/C25H25N5O5S/c1-26-19-10-7-11-20(17-19)28-36(33,34)29-25(32)27-23(16-18-8-5-4-6-9-18)24(31)30(2)21-12-14-22(35-3)15-13-21/h4-15,17,23,28H,16H2,2-3H3,(H2,27,29,32)/t23-/m0/s1. The summed E-state index contributed by atoms with van der Waals surface area (Å²) in [5.41, 5.74) is 1.68. The van der Waals surface area contributed by atoms with Gasteiger partial charge in [0.2, 0.25) is 5.91 Å². The second-order valence-corrected chi connectivity index (χ2v) is 9.10. The van der Waals surface area contributed by atoms with E-state index in [0.29, 0.717) is 11.4 Å². The third-order valence-electron chi connectivity index (χ3n) is 5.13. The molecule has 0 saturated carbocycles.